The van der Waals surface area contributed by atoms with Crippen LogP contribution in [0.2, 0.25) is 0 Å². The molecule has 0 unspecified atom stereocenters. The third-order valence-corrected chi connectivity index (χ3v) is 1.94. The second kappa shape index (κ2) is 4.63. The first kappa shape index (κ1) is 16.5. The van der Waals surface area contributed by atoms with Crippen LogP contribution >= 0.6 is 7.82 Å². The van der Waals surface area contributed by atoms with Crippen molar-refractivity contribution in [1.82, 2.24) is 0 Å². The van der Waals surface area contributed by atoms with E-state index in [1.165, 1.54) is 0 Å². The Morgan fingerprint density at radius 2 is 0.765 bits per heavy atom. The molecule has 0 N–H and O–H groups in total. The van der Waals surface area contributed by atoms with Crippen LogP contribution in [-0.2, 0) is 18.1 Å². The summed E-state index contributed by atoms with van der Waals surface area (Å²) in [6.07, 6.45) is -18.3. The van der Waals surface area contributed by atoms with Crippen LogP contribution in [0.15, 0.2) is 0 Å². The number of alkyl halides is 9. The van der Waals surface area contributed by atoms with E-state index in [0.29, 0.717) is 0 Å². The van der Waals surface area contributed by atoms with E-state index < -0.39 is 26.9 Å². The maximum atomic E-state index is 11.4. The average molecular weight is 302 g/mol. The molecule has 0 saturated carbocycles. The molecule has 0 rings (SSSR count). The highest BCUT2D eigenvalue weighted by atomic mass is 31.2. The van der Waals surface area contributed by atoms with Crippen LogP contribution in [-0.4, -0.2) is 19.1 Å². The van der Waals surface area contributed by atoms with E-state index in [-0.39, 0.29) is 0 Å². The van der Waals surface area contributed by atoms with E-state index in [9.17, 15) is 44.1 Å². The number of rotatable bonds is 3. The van der Waals surface area contributed by atoms with Crippen molar-refractivity contribution in [3.05, 3.63) is 0 Å². The van der Waals surface area contributed by atoms with Gasteiger partial charge in [-0.2, -0.15) is 13.6 Å². The van der Waals surface area contributed by atoms with Crippen molar-refractivity contribution >= 4 is 7.82 Å². The highest BCUT2D eigenvalue weighted by Crippen LogP contribution is 2.60. The maximum absolute atomic E-state index is 11.4. The van der Waals surface area contributed by atoms with Crippen molar-refractivity contribution < 1.29 is 57.7 Å². The molecule has 17 heavy (non-hydrogen) atoms. The quantitative estimate of drug-likeness (QED) is 0.589. The minimum absolute atomic E-state index is 2.05. The lowest BCUT2D eigenvalue weighted by molar-refractivity contribution is -0.341. The van der Waals surface area contributed by atoms with Crippen LogP contribution in [0.4, 0.5) is 39.5 Å². The molecule has 0 aromatic heterocycles. The molecule has 0 heterocycles. The molecule has 0 fully saturated rings. The van der Waals surface area contributed by atoms with Gasteiger partial charge in [0.2, 0.25) is 0 Å². The van der Waals surface area contributed by atoms with Crippen LogP contribution in [0.3, 0.4) is 0 Å². The zero-order chi connectivity index (χ0) is 14.1. The van der Waals surface area contributed by atoms with Gasteiger partial charge in [0.25, 0.3) is 0 Å². The minimum Gasteiger partial charge on any atom is -0.227 e. The fourth-order valence-corrected chi connectivity index (χ4v) is 1.31. The summed E-state index contributed by atoms with van der Waals surface area (Å²) in [5.41, 5.74) is 0. The number of halogens is 9. The van der Waals surface area contributed by atoms with Gasteiger partial charge in [-0.1, -0.05) is 0 Å². The number of phosphoric ester groups is 1. The first-order chi connectivity index (χ1) is 7.12. The first-order valence-corrected chi connectivity index (χ1v) is 4.50. The predicted molar refractivity (Wildman–Crippen MR) is 29.0 cm³/mol. The van der Waals surface area contributed by atoms with Crippen LogP contribution in [0.5, 0.6) is 0 Å². The fourth-order valence-electron chi connectivity index (χ4n) is 0.436. The molecule has 0 saturated heterocycles. The minimum atomic E-state index is -6.96. The molecule has 0 atom stereocenters. The van der Waals surface area contributed by atoms with E-state index in [0.717, 1.165) is 0 Å². The van der Waals surface area contributed by atoms with Crippen molar-refractivity contribution in [3.63, 3.8) is 0 Å². The number of hydrogen-bond acceptors (Lipinski definition) is 4. The van der Waals surface area contributed by atoms with Crippen LogP contribution in [0.25, 0.3) is 0 Å². The van der Waals surface area contributed by atoms with E-state index in [2.05, 4.69) is 0 Å². The molecular formula is C3F9O4P. The van der Waals surface area contributed by atoms with E-state index in [4.69, 9.17) is 0 Å². The van der Waals surface area contributed by atoms with Gasteiger partial charge in [0, 0.05) is 0 Å². The van der Waals surface area contributed by atoms with Gasteiger partial charge in [0.15, 0.2) is 0 Å². The Morgan fingerprint density at radius 1 is 0.588 bits per heavy atom. The van der Waals surface area contributed by atoms with Gasteiger partial charge < -0.3 is 0 Å². The topological polar surface area (TPSA) is 44.8 Å². The predicted octanol–water partition coefficient (Wildman–Crippen LogP) is 3.70. The smallest absolute Gasteiger partial charge is 0.227 e. The summed E-state index contributed by atoms with van der Waals surface area (Å²) in [5, 5.41) is 0. The summed E-state index contributed by atoms with van der Waals surface area (Å²) in [4.78, 5) is 0. The van der Waals surface area contributed by atoms with Crippen molar-refractivity contribution in [3.8, 4) is 0 Å². The number of hydrogen-bond donors (Lipinski definition) is 0. The molecular weight excluding hydrogens is 302 g/mol. The molecule has 0 aromatic rings. The SMILES string of the molecule is O=P(OC(F)(F)F)(OC(F)(F)F)OC(F)(F)F. The second-order valence-electron chi connectivity index (χ2n) is 2.06. The highest BCUT2D eigenvalue weighted by Gasteiger charge is 2.55. The Balaban J connectivity index is 5.03. The maximum Gasteiger partial charge on any atom is 0.531 e. The van der Waals surface area contributed by atoms with Crippen LogP contribution in [0, 0.1) is 0 Å². The Labute approximate surface area is 85.8 Å². The van der Waals surface area contributed by atoms with Crippen LogP contribution < -0.4 is 0 Å². The standard InChI is InChI=1S/C3F9O4P/c4-1(5,6)14-17(13,15-2(7,8)9)16-3(10,11)12. The zero-order valence-corrected chi connectivity index (χ0v) is 7.88. The van der Waals surface area contributed by atoms with Gasteiger partial charge >= 0.3 is 26.9 Å². The Hall–Kier alpha value is -0.520. The van der Waals surface area contributed by atoms with E-state index >= 15 is 0 Å². The lowest BCUT2D eigenvalue weighted by Gasteiger charge is -2.20. The summed E-state index contributed by atoms with van der Waals surface area (Å²) in [6, 6.07) is 0. The van der Waals surface area contributed by atoms with Gasteiger partial charge in [-0.3, -0.25) is 0 Å². The summed E-state index contributed by atoms with van der Waals surface area (Å²) in [7, 11) is -6.96. The average Bonchev–Trinajstić information content (AvgIpc) is 1.65. The van der Waals surface area contributed by atoms with Crippen LogP contribution in [0.1, 0.15) is 0 Å². The molecule has 0 amide bonds. The lowest BCUT2D eigenvalue weighted by Crippen LogP contribution is -2.23. The molecule has 4 nitrogen and oxygen atoms in total. The molecule has 104 valence electrons. The fraction of sp³-hybridized carbons (Fsp3) is 1.00. The normalized spacial score (nSPS) is 15.1. The summed E-state index contributed by atoms with van der Waals surface area (Å²) in [5.74, 6) is 0. The van der Waals surface area contributed by atoms with Crippen molar-refractivity contribution in [2.75, 3.05) is 0 Å². The molecule has 0 aliphatic carbocycles. The Bertz CT molecular complexity index is 253. The third-order valence-electron chi connectivity index (χ3n) is 0.646. The number of phosphoric acid groups is 1. The monoisotopic (exact) mass is 302 g/mol. The van der Waals surface area contributed by atoms with Gasteiger partial charge in [-0.05, 0) is 0 Å². The van der Waals surface area contributed by atoms with Crippen molar-refractivity contribution in [1.29, 1.82) is 0 Å². The second-order valence-corrected chi connectivity index (χ2v) is 3.50. The molecule has 0 bridgehead atoms. The summed E-state index contributed by atoms with van der Waals surface area (Å²) in [6.45, 7) is 0. The Kier molecular flexibility index (Phi) is 4.49. The van der Waals surface area contributed by atoms with E-state index in [1.54, 1.807) is 0 Å². The summed E-state index contributed by atoms with van der Waals surface area (Å²) < 4.78 is 119. The first-order valence-electron chi connectivity index (χ1n) is 3.04. The lowest BCUT2D eigenvalue weighted by atomic mass is 11.4. The molecule has 0 spiro atoms. The van der Waals surface area contributed by atoms with Gasteiger partial charge in [-0.25, -0.2) is 4.57 Å². The third kappa shape index (κ3) is 9.21. The molecule has 14 heteroatoms. The van der Waals surface area contributed by atoms with Gasteiger partial charge in [0.05, 0.1) is 0 Å². The van der Waals surface area contributed by atoms with E-state index in [1.807, 2.05) is 13.6 Å². The van der Waals surface area contributed by atoms with Crippen molar-refractivity contribution in [2.24, 2.45) is 0 Å². The highest BCUT2D eigenvalue weighted by molar-refractivity contribution is 7.48. The summed E-state index contributed by atoms with van der Waals surface area (Å²) >= 11 is 0. The molecule has 0 aromatic carbocycles. The molecule has 0 radical (unpaired) electrons. The van der Waals surface area contributed by atoms with Crippen molar-refractivity contribution in [2.45, 2.75) is 19.1 Å². The molecule has 0 aliphatic heterocycles. The van der Waals surface area contributed by atoms with Gasteiger partial charge in [0.1, 0.15) is 0 Å². The zero-order valence-electron chi connectivity index (χ0n) is 6.98. The van der Waals surface area contributed by atoms with Gasteiger partial charge in [-0.15, -0.1) is 39.5 Å². The Morgan fingerprint density at radius 3 is 0.882 bits per heavy atom. The molecule has 0 aliphatic rings. The largest absolute Gasteiger partial charge is 0.531 e.